The number of aliphatic imine (C=N–C) groups is 1. The van der Waals surface area contributed by atoms with Gasteiger partial charge in [-0.1, -0.05) is 17.8 Å². The number of benzene rings is 2. The van der Waals surface area contributed by atoms with E-state index in [1.165, 1.54) is 11.8 Å². The molecule has 0 bridgehead atoms. The Morgan fingerprint density at radius 2 is 1.90 bits per heavy atom. The average Bonchev–Trinajstić information content (AvgIpc) is 3.24. The van der Waals surface area contributed by atoms with Crippen LogP contribution in [-0.2, 0) is 4.79 Å². The maximum absolute atomic E-state index is 13.1. The normalized spacial score (nSPS) is 19.8. The van der Waals surface area contributed by atoms with Crippen molar-refractivity contribution in [2.75, 3.05) is 26.1 Å². The summed E-state index contributed by atoms with van der Waals surface area (Å²) in [4.78, 5) is 27.7. The molecule has 0 atom stereocenters. The van der Waals surface area contributed by atoms with E-state index < -0.39 is 0 Å². The van der Waals surface area contributed by atoms with E-state index in [9.17, 15) is 4.79 Å². The van der Waals surface area contributed by atoms with Gasteiger partial charge in [-0.2, -0.15) is 0 Å². The molecule has 3 aromatic rings. The molecule has 1 saturated heterocycles. The lowest BCUT2D eigenvalue weighted by molar-refractivity contribution is -0.121. The van der Waals surface area contributed by atoms with Gasteiger partial charge < -0.3 is 9.64 Å². The average molecular weight is 435 g/mol. The molecule has 8 heteroatoms. The summed E-state index contributed by atoms with van der Waals surface area (Å²) < 4.78 is 5.35. The number of likely N-dealkylation sites (N-methyl/N-ethyl adjacent to an activating group) is 1. The highest BCUT2D eigenvalue weighted by molar-refractivity contribution is 8.19. The van der Waals surface area contributed by atoms with E-state index in [4.69, 9.17) is 9.73 Å². The van der Waals surface area contributed by atoms with Gasteiger partial charge in [0.1, 0.15) is 10.7 Å². The number of ether oxygens (including phenoxy) is 1. The van der Waals surface area contributed by atoms with Crippen LogP contribution >= 0.6 is 23.5 Å². The first-order valence-corrected chi connectivity index (χ1v) is 10.9. The highest BCUT2D eigenvalue weighted by Gasteiger charge is 2.37. The quantitative estimate of drug-likeness (QED) is 0.538. The minimum Gasteiger partial charge on any atom is -0.497 e. The number of amides is 1. The fourth-order valence-electron chi connectivity index (χ4n) is 3.42. The van der Waals surface area contributed by atoms with Gasteiger partial charge >= 0.3 is 0 Å². The number of carbonyl (C=O) groups is 1. The van der Waals surface area contributed by atoms with Crippen LogP contribution < -0.4 is 9.64 Å². The Morgan fingerprint density at radius 3 is 2.73 bits per heavy atom. The van der Waals surface area contributed by atoms with E-state index in [1.54, 1.807) is 37.0 Å². The fourth-order valence-corrected chi connectivity index (χ4v) is 5.72. The lowest BCUT2D eigenvalue weighted by Gasteiger charge is -2.15. The van der Waals surface area contributed by atoms with Crippen LogP contribution in [0.1, 0.15) is 0 Å². The molecule has 0 aliphatic carbocycles. The van der Waals surface area contributed by atoms with Gasteiger partial charge in [0.2, 0.25) is 0 Å². The number of fused-ring (bicyclic) bond motifs is 2. The summed E-state index contributed by atoms with van der Waals surface area (Å²) >= 11 is 3.00. The number of pyridine rings is 1. The molecule has 2 aliphatic rings. The Labute approximate surface area is 182 Å². The minimum atomic E-state index is -0.0498. The van der Waals surface area contributed by atoms with Crippen molar-refractivity contribution >= 4 is 56.9 Å². The van der Waals surface area contributed by atoms with E-state index in [2.05, 4.69) is 4.98 Å². The molecule has 0 radical (unpaired) electrons. The van der Waals surface area contributed by atoms with Gasteiger partial charge in [0, 0.05) is 36.6 Å². The summed E-state index contributed by atoms with van der Waals surface area (Å²) in [7, 11) is 5.39. The van der Waals surface area contributed by atoms with Crippen molar-refractivity contribution in [3.63, 3.8) is 0 Å². The molecule has 0 unspecified atom stereocenters. The van der Waals surface area contributed by atoms with Crippen molar-refractivity contribution in [1.82, 2.24) is 9.88 Å². The molecule has 0 spiro atoms. The molecule has 6 nitrogen and oxygen atoms in total. The first-order valence-electron chi connectivity index (χ1n) is 9.29. The summed E-state index contributed by atoms with van der Waals surface area (Å²) in [5, 5.41) is 2.52. The Kier molecular flexibility index (Phi) is 4.67. The number of carbonyl (C=O) groups excluding carboxylic acids is 1. The van der Waals surface area contributed by atoms with Crippen LogP contribution in [0, 0.1) is 0 Å². The number of methoxy groups -OCH3 is 1. The molecular formula is C22H18N4O2S2. The summed E-state index contributed by atoms with van der Waals surface area (Å²) in [5.74, 6) is 0.744. The molecule has 150 valence electrons. The third kappa shape index (κ3) is 3.03. The van der Waals surface area contributed by atoms with E-state index in [-0.39, 0.29) is 5.91 Å². The third-order valence-electron chi connectivity index (χ3n) is 5.05. The van der Waals surface area contributed by atoms with Crippen molar-refractivity contribution in [2.45, 2.75) is 4.90 Å². The Balaban J connectivity index is 1.54. The molecular weight excluding hydrogens is 416 g/mol. The van der Waals surface area contributed by atoms with E-state index in [0.717, 1.165) is 38.0 Å². The predicted molar refractivity (Wildman–Crippen MR) is 123 cm³/mol. The third-order valence-corrected chi connectivity index (χ3v) is 7.54. The van der Waals surface area contributed by atoms with E-state index in [1.807, 2.05) is 60.5 Å². The van der Waals surface area contributed by atoms with Crippen molar-refractivity contribution in [2.24, 2.45) is 4.99 Å². The standard InChI is InChI=1S/C22H18N4O2S2/c1-25-17-12-13(28-3)9-10-18(17)29-21(25)19-20(27)26(2)22(30-19)24-16-8-4-7-15-14(16)6-5-11-23-15/h4-12H,1-3H3/b21-19-,24-22?. The van der Waals surface area contributed by atoms with Gasteiger partial charge in [-0.05, 0) is 48.2 Å². The number of nitrogens with zero attached hydrogens (tertiary/aromatic N) is 4. The molecule has 1 aromatic heterocycles. The van der Waals surface area contributed by atoms with Crippen LogP contribution in [0.25, 0.3) is 10.9 Å². The highest BCUT2D eigenvalue weighted by atomic mass is 32.2. The number of hydrogen-bond acceptors (Lipinski definition) is 7. The van der Waals surface area contributed by atoms with Crippen LogP contribution in [0.15, 0.2) is 74.5 Å². The van der Waals surface area contributed by atoms with Gasteiger partial charge in [-0.15, -0.1) is 0 Å². The van der Waals surface area contributed by atoms with Crippen LogP contribution in [0.2, 0.25) is 0 Å². The summed E-state index contributed by atoms with van der Waals surface area (Å²) in [6.45, 7) is 0. The van der Waals surface area contributed by atoms with Crippen molar-refractivity contribution < 1.29 is 9.53 Å². The molecule has 2 aromatic carbocycles. The molecule has 0 N–H and O–H groups in total. The molecule has 0 saturated carbocycles. The zero-order valence-electron chi connectivity index (χ0n) is 16.6. The molecule has 2 aliphatic heterocycles. The summed E-state index contributed by atoms with van der Waals surface area (Å²) in [6, 6.07) is 15.7. The highest BCUT2D eigenvalue weighted by Crippen LogP contribution is 2.50. The molecule has 1 fully saturated rings. The lowest BCUT2D eigenvalue weighted by Crippen LogP contribution is -2.24. The van der Waals surface area contributed by atoms with E-state index in [0.29, 0.717) is 10.1 Å². The van der Waals surface area contributed by atoms with Crippen LogP contribution in [0.5, 0.6) is 5.75 Å². The van der Waals surface area contributed by atoms with Crippen LogP contribution in [0.3, 0.4) is 0 Å². The molecule has 3 heterocycles. The number of amidine groups is 1. The topological polar surface area (TPSA) is 58.0 Å². The molecule has 5 rings (SSSR count). The van der Waals surface area contributed by atoms with Crippen molar-refractivity contribution in [3.8, 4) is 5.75 Å². The second-order valence-electron chi connectivity index (χ2n) is 6.84. The molecule has 30 heavy (non-hydrogen) atoms. The second kappa shape index (κ2) is 7.37. The second-order valence-corrected chi connectivity index (χ2v) is 8.85. The fraction of sp³-hybridized carbons (Fsp3) is 0.136. The Hall–Kier alpha value is -2.97. The van der Waals surface area contributed by atoms with Gasteiger partial charge in [-0.3, -0.25) is 14.7 Å². The summed E-state index contributed by atoms with van der Waals surface area (Å²) in [5.41, 5.74) is 2.71. The van der Waals surface area contributed by atoms with Gasteiger partial charge in [0.15, 0.2) is 5.17 Å². The largest absolute Gasteiger partial charge is 0.497 e. The minimum absolute atomic E-state index is 0.0498. The monoisotopic (exact) mass is 434 g/mol. The maximum Gasteiger partial charge on any atom is 0.269 e. The van der Waals surface area contributed by atoms with E-state index >= 15 is 0 Å². The Morgan fingerprint density at radius 1 is 1.03 bits per heavy atom. The van der Waals surface area contributed by atoms with Crippen molar-refractivity contribution in [3.05, 3.63) is 64.7 Å². The van der Waals surface area contributed by atoms with Gasteiger partial charge in [0.25, 0.3) is 5.91 Å². The number of aromatic nitrogens is 1. The maximum atomic E-state index is 13.1. The lowest BCUT2D eigenvalue weighted by atomic mass is 10.2. The van der Waals surface area contributed by atoms with Crippen LogP contribution in [-0.4, -0.2) is 42.2 Å². The zero-order valence-corrected chi connectivity index (χ0v) is 18.3. The van der Waals surface area contributed by atoms with Crippen molar-refractivity contribution in [1.29, 1.82) is 0 Å². The SMILES string of the molecule is COc1ccc2c(c1)N(C)/C(=C1/SC(=Nc3cccc4ncccc34)N(C)C1=O)S2. The zero-order chi connectivity index (χ0) is 20.8. The molecule has 1 amide bonds. The first kappa shape index (κ1) is 19.0. The Bertz CT molecular complexity index is 1250. The number of thioether (sulfide) groups is 2. The number of anilines is 1. The van der Waals surface area contributed by atoms with Crippen LogP contribution in [0.4, 0.5) is 11.4 Å². The predicted octanol–water partition coefficient (Wildman–Crippen LogP) is 4.85. The number of rotatable bonds is 2. The summed E-state index contributed by atoms with van der Waals surface area (Å²) in [6.07, 6.45) is 1.77. The van der Waals surface area contributed by atoms with Gasteiger partial charge in [-0.25, -0.2) is 4.99 Å². The van der Waals surface area contributed by atoms with Gasteiger partial charge in [0.05, 0.1) is 29.0 Å². The smallest absolute Gasteiger partial charge is 0.269 e. The first-order chi connectivity index (χ1) is 14.6. The number of hydrogen-bond donors (Lipinski definition) is 0.